The molecular formula is C22H28N2. The number of likely N-dealkylation sites (tertiary alicyclic amines) is 1. The second-order valence-electron chi connectivity index (χ2n) is 7.33. The molecule has 2 aromatic rings. The smallest absolute Gasteiger partial charge is 0.0377 e. The molecule has 0 bridgehead atoms. The third-order valence-corrected chi connectivity index (χ3v) is 5.59. The first-order valence-electron chi connectivity index (χ1n) is 9.52. The summed E-state index contributed by atoms with van der Waals surface area (Å²) in [5.41, 5.74) is 6.01. The lowest BCUT2D eigenvalue weighted by molar-refractivity contribution is 0.211. The quantitative estimate of drug-likeness (QED) is 0.882. The maximum atomic E-state index is 3.87. The summed E-state index contributed by atoms with van der Waals surface area (Å²) in [6.07, 6.45) is 7.72. The SMILES string of the molecule is c1ccc(CN2CCC(Nc3cccc4c3CCCC4)CC2)cc1. The van der Waals surface area contributed by atoms with Gasteiger partial charge in [0.1, 0.15) is 0 Å². The van der Waals surface area contributed by atoms with Crippen molar-refractivity contribution >= 4 is 5.69 Å². The molecule has 0 atom stereocenters. The minimum Gasteiger partial charge on any atom is -0.382 e. The van der Waals surface area contributed by atoms with Crippen LogP contribution in [0.25, 0.3) is 0 Å². The molecule has 1 heterocycles. The van der Waals surface area contributed by atoms with Crippen molar-refractivity contribution in [3.8, 4) is 0 Å². The number of anilines is 1. The summed E-state index contributed by atoms with van der Waals surface area (Å²) >= 11 is 0. The molecule has 0 amide bonds. The summed E-state index contributed by atoms with van der Waals surface area (Å²) in [5.74, 6) is 0. The standard InChI is InChI=1S/C22H28N2/c1-2-7-18(8-3-1)17-24-15-13-20(14-16-24)23-22-12-6-10-19-9-4-5-11-21(19)22/h1-3,6-8,10,12,20,23H,4-5,9,11,13-17H2. The number of fused-ring (bicyclic) bond motifs is 1. The summed E-state index contributed by atoms with van der Waals surface area (Å²) < 4.78 is 0. The Labute approximate surface area is 145 Å². The zero-order chi connectivity index (χ0) is 16.2. The van der Waals surface area contributed by atoms with Crippen LogP contribution in [0.4, 0.5) is 5.69 Å². The number of hydrogen-bond donors (Lipinski definition) is 1. The van der Waals surface area contributed by atoms with E-state index in [0.29, 0.717) is 6.04 Å². The topological polar surface area (TPSA) is 15.3 Å². The first kappa shape index (κ1) is 15.7. The molecule has 0 spiro atoms. The molecule has 24 heavy (non-hydrogen) atoms. The van der Waals surface area contributed by atoms with Crippen LogP contribution in [0.3, 0.4) is 0 Å². The van der Waals surface area contributed by atoms with Gasteiger partial charge < -0.3 is 5.32 Å². The summed E-state index contributed by atoms with van der Waals surface area (Å²) in [4.78, 5) is 2.59. The Morgan fingerprint density at radius 1 is 0.875 bits per heavy atom. The average Bonchev–Trinajstić information content (AvgIpc) is 2.65. The molecule has 2 aliphatic rings. The van der Waals surface area contributed by atoms with E-state index in [2.05, 4.69) is 58.7 Å². The van der Waals surface area contributed by atoms with Crippen molar-refractivity contribution in [2.24, 2.45) is 0 Å². The van der Waals surface area contributed by atoms with E-state index < -0.39 is 0 Å². The predicted molar refractivity (Wildman–Crippen MR) is 101 cm³/mol. The van der Waals surface area contributed by atoms with Crippen LogP contribution in [-0.2, 0) is 19.4 Å². The fourth-order valence-corrected chi connectivity index (χ4v) is 4.21. The van der Waals surface area contributed by atoms with E-state index in [1.807, 2.05) is 0 Å². The molecular weight excluding hydrogens is 292 g/mol. The lowest BCUT2D eigenvalue weighted by Gasteiger charge is -2.33. The van der Waals surface area contributed by atoms with Crippen molar-refractivity contribution in [2.75, 3.05) is 18.4 Å². The lowest BCUT2D eigenvalue weighted by atomic mass is 9.90. The van der Waals surface area contributed by atoms with E-state index in [9.17, 15) is 0 Å². The van der Waals surface area contributed by atoms with E-state index in [1.54, 1.807) is 11.1 Å². The van der Waals surface area contributed by atoms with Crippen molar-refractivity contribution in [1.29, 1.82) is 0 Å². The molecule has 1 fully saturated rings. The van der Waals surface area contributed by atoms with E-state index >= 15 is 0 Å². The van der Waals surface area contributed by atoms with E-state index in [1.165, 1.54) is 62.9 Å². The first-order chi connectivity index (χ1) is 11.9. The number of nitrogens with one attached hydrogen (secondary N) is 1. The third-order valence-electron chi connectivity index (χ3n) is 5.59. The molecule has 1 N–H and O–H groups in total. The van der Waals surface area contributed by atoms with Gasteiger partial charge in [0.25, 0.3) is 0 Å². The molecule has 0 aromatic heterocycles. The average molecular weight is 320 g/mol. The van der Waals surface area contributed by atoms with Gasteiger partial charge in [-0.1, -0.05) is 42.5 Å². The van der Waals surface area contributed by atoms with Gasteiger partial charge in [0.15, 0.2) is 0 Å². The highest BCUT2D eigenvalue weighted by atomic mass is 15.1. The molecule has 2 aromatic carbocycles. The summed E-state index contributed by atoms with van der Waals surface area (Å²) in [6.45, 7) is 3.48. The number of hydrogen-bond acceptors (Lipinski definition) is 2. The van der Waals surface area contributed by atoms with E-state index in [0.717, 1.165) is 6.54 Å². The second kappa shape index (κ2) is 7.40. The van der Waals surface area contributed by atoms with Gasteiger partial charge >= 0.3 is 0 Å². The van der Waals surface area contributed by atoms with Gasteiger partial charge in [-0.15, -0.1) is 0 Å². The Bertz CT molecular complexity index is 657. The zero-order valence-electron chi connectivity index (χ0n) is 14.5. The molecule has 0 radical (unpaired) electrons. The molecule has 4 rings (SSSR count). The van der Waals surface area contributed by atoms with Crippen LogP contribution in [-0.4, -0.2) is 24.0 Å². The third kappa shape index (κ3) is 3.64. The van der Waals surface area contributed by atoms with Crippen LogP contribution in [0, 0.1) is 0 Å². The molecule has 2 heteroatoms. The maximum absolute atomic E-state index is 3.87. The minimum atomic E-state index is 0.630. The van der Waals surface area contributed by atoms with Crippen molar-refractivity contribution in [3.63, 3.8) is 0 Å². The van der Waals surface area contributed by atoms with Crippen LogP contribution in [0.2, 0.25) is 0 Å². The highest BCUT2D eigenvalue weighted by molar-refractivity contribution is 5.56. The van der Waals surface area contributed by atoms with Gasteiger partial charge in [-0.25, -0.2) is 0 Å². The Kier molecular flexibility index (Phi) is 4.84. The Hall–Kier alpha value is -1.80. The molecule has 0 saturated carbocycles. The van der Waals surface area contributed by atoms with Gasteiger partial charge in [-0.3, -0.25) is 4.90 Å². The van der Waals surface area contributed by atoms with Crippen molar-refractivity contribution < 1.29 is 0 Å². The van der Waals surface area contributed by atoms with Crippen LogP contribution in [0.15, 0.2) is 48.5 Å². The number of aryl methyl sites for hydroxylation is 1. The molecule has 1 aliphatic carbocycles. The molecule has 1 aliphatic heterocycles. The van der Waals surface area contributed by atoms with Crippen molar-refractivity contribution in [1.82, 2.24) is 4.90 Å². The van der Waals surface area contributed by atoms with Gasteiger partial charge in [0.05, 0.1) is 0 Å². The van der Waals surface area contributed by atoms with E-state index in [-0.39, 0.29) is 0 Å². The number of nitrogens with zero attached hydrogens (tertiary/aromatic N) is 1. The first-order valence-corrected chi connectivity index (χ1v) is 9.52. The molecule has 1 saturated heterocycles. The maximum Gasteiger partial charge on any atom is 0.0377 e. The Morgan fingerprint density at radius 3 is 2.50 bits per heavy atom. The largest absolute Gasteiger partial charge is 0.382 e. The van der Waals surface area contributed by atoms with Crippen molar-refractivity contribution in [2.45, 2.75) is 51.1 Å². The van der Waals surface area contributed by atoms with Gasteiger partial charge in [0.2, 0.25) is 0 Å². The lowest BCUT2D eigenvalue weighted by Crippen LogP contribution is -2.38. The summed E-state index contributed by atoms with van der Waals surface area (Å²) in [6, 6.07) is 18.3. The van der Waals surface area contributed by atoms with Gasteiger partial charge in [-0.05, 0) is 61.3 Å². The predicted octanol–water partition coefficient (Wildman–Crippen LogP) is 4.64. The highest BCUT2D eigenvalue weighted by Gasteiger charge is 2.21. The zero-order valence-corrected chi connectivity index (χ0v) is 14.5. The molecule has 126 valence electrons. The van der Waals surface area contributed by atoms with Crippen LogP contribution in [0.1, 0.15) is 42.4 Å². The number of piperidine rings is 1. The Balaban J connectivity index is 1.34. The number of rotatable bonds is 4. The molecule has 2 nitrogen and oxygen atoms in total. The van der Waals surface area contributed by atoms with Gasteiger partial charge in [-0.2, -0.15) is 0 Å². The second-order valence-corrected chi connectivity index (χ2v) is 7.33. The highest BCUT2D eigenvalue weighted by Crippen LogP contribution is 2.29. The summed E-state index contributed by atoms with van der Waals surface area (Å²) in [7, 11) is 0. The van der Waals surface area contributed by atoms with Crippen LogP contribution in [0.5, 0.6) is 0 Å². The molecule has 0 unspecified atom stereocenters. The Morgan fingerprint density at radius 2 is 1.67 bits per heavy atom. The monoisotopic (exact) mass is 320 g/mol. The fourth-order valence-electron chi connectivity index (χ4n) is 4.21. The van der Waals surface area contributed by atoms with E-state index in [4.69, 9.17) is 0 Å². The minimum absolute atomic E-state index is 0.630. The van der Waals surface area contributed by atoms with Gasteiger partial charge in [0, 0.05) is 31.4 Å². The summed E-state index contributed by atoms with van der Waals surface area (Å²) in [5, 5.41) is 3.87. The fraction of sp³-hybridized carbons (Fsp3) is 0.455. The van der Waals surface area contributed by atoms with Crippen LogP contribution < -0.4 is 5.32 Å². The normalized spacial score (nSPS) is 19.0. The van der Waals surface area contributed by atoms with Crippen molar-refractivity contribution in [3.05, 3.63) is 65.2 Å². The van der Waals surface area contributed by atoms with Crippen LogP contribution >= 0.6 is 0 Å². The number of benzene rings is 2.